The zero-order chi connectivity index (χ0) is 16.0. The molecule has 0 saturated heterocycles. The predicted octanol–water partition coefficient (Wildman–Crippen LogP) is 2.58. The van der Waals surface area contributed by atoms with E-state index in [-0.39, 0.29) is 5.28 Å². The number of nitriles is 1. The van der Waals surface area contributed by atoms with Crippen LogP contribution in [-0.2, 0) is 0 Å². The molecule has 4 rings (SSSR count). The predicted molar refractivity (Wildman–Crippen MR) is 83.5 cm³/mol. The first-order valence-electron chi connectivity index (χ1n) is 6.67. The van der Waals surface area contributed by atoms with E-state index in [1.54, 1.807) is 21.3 Å². The average Bonchev–Trinajstić information content (AvgIpc) is 3.16. The number of rotatable bonds is 2. The van der Waals surface area contributed by atoms with Gasteiger partial charge in [0.2, 0.25) is 11.2 Å². The summed E-state index contributed by atoms with van der Waals surface area (Å²) in [6.45, 7) is 0. The summed E-state index contributed by atoms with van der Waals surface area (Å²) in [6, 6.07) is 7.79. The Labute approximate surface area is 135 Å². The minimum atomic E-state index is 0.105. The number of fused-ring (bicyclic) bond motifs is 2. The Morgan fingerprint density at radius 2 is 2.17 bits per heavy atom. The zero-order valence-electron chi connectivity index (χ0n) is 11.9. The molecular formula is C15H9ClN6O. The van der Waals surface area contributed by atoms with Crippen molar-refractivity contribution in [3.05, 3.63) is 47.8 Å². The number of pyridine rings is 1. The third-order valence-electron chi connectivity index (χ3n) is 3.58. The Balaban J connectivity index is 2.01. The van der Waals surface area contributed by atoms with Crippen molar-refractivity contribution >= 4 is 22.8 Å². The van der Waals surface area contributed by atoms with E-state index in [1.165, 1.54) is 7.11 Å². The Hall–Kier alpha value is -3.11. The van der Waals surface area contributed by atoms with Crippen molar-refractivity contribution in [2.45, 2.75) is 0 Å². The van der Waals surface area contributed by atoms with Crippen LogP contribution >= 0.6 is 11.6 Å². The third kappa shape index (κ3) is 2.00. The Morgan fingerprint density at radius 1 is 1.30 bits per heavy atom. The van der Waals surface area contributed by atoms with Crippen molar-refractivity contribution in [3.63, 3.8) is 0 Å². The lowest BCUT2D eigenvalue weighted by molar-refractivity contribution is 0.399. The van der Waals surface area contributed by atoms with Crippen LogP contribution in [0.1, 0.15) is 5.69 Å². The highest BCUT2D eigenvalue weighted by atomic mass is 35.5. The maximum Gasteiger partial charge on any atom is 0.244 e. The second-order valence-corrected chi connectivity index (χ2v) is 5.15. The van der Waals surface area contributed by atoms with E-state index < -0.39 is 0 Å². The largest absolute Gasteiger partial charge is 0.479 e. The molecule has 0 fully saturated rings. The summed E-state index contributed by atoms with van der Waals surface area (Å²) < 4.78 is 8.67. The van der Waals surface area contributed by atoms with E-state index in [1.807, 2.05) is 24.4 Å². The van der Waals surface area contributed by atoms with Gasteiger partial charge in [0.15, 0.2) is 0 Å². The number of methoxy groups -OCH3 is 1. The lowest BCUT2D eigenvalue weighted by Crippen LogP contribution is -1.99. The number of halogens is 1. The van der Waals surface area contributed by atoms with Gasteiger partial charge in [-0.25, -0.2) is 9.50 Å². The molecule has 4 aromatic heterocycles. The summed E-state index contributed by atoms with van der Waals surface area (Å²) in [4.78, 5) is 8.29. The van der Waals surface area contributed by atoms with Crippen LogP contribution in [0.25, 0.3) is 22.3 Å². The highest BCUT2D eigenvalue weighted by Gasteiger charge is 2.15. The fourth-order valence-electron chi connectivity index (χ4n) is 2.56. The Kier molecular flexibility index (Phi) is 2.93. The summed E-state index contributed by atoms with van der Waals surface area (Å²) in [6.07, 6.45) is 5.18. The SMILES string of the molecule is COc1nc(Cl)nn2ccc(-c3ccc4ncc(C#N)n4c3)c12. The van der Waals surface area contributed by atoms with Crippen molar-refractivity contribution in [1.29, 1.82) is 5.26 Å². The maximum atomic E-state index is 9.16. The summed E-state index contributed by atoms with van der Waals surface area (Å²) in [5.41, 5.74) is 3.64. The molecule has 0 spiro atoms. The normalized spacial score (nSPS) is 11.0. The molecule has 0 atom stereocenters. The van der Waals surface area contributed by atoms with Gasteiger partial charge < -0.3 is 4.74 Å². The van der Waals surface area contributed by atoms with E-state index in [0.717, 1.165) is 11.1 Å². The number of hydrogen-bond donors (Lipinski definition) is 0. The molecule has 0 unspecified atom stereocenters. The van der Waals surface area contributed by atoms with Crippen LogP contribution in [0.15, 0.2) is 36.8 Å². The molecule has 7 nitrogen and oxygen atoms in total. The van der Waals surface area contributed by atoms with Crippen molar-refractivity contribution in [1.82, 2.24) is 24.0 Å². The molecule has 0 aromatic carbocycles. The second-order valence-electron chi connectivity index (χ2n) is 4.81. The highest BCUT2D eigenvalue weighted by molar-refractivity contribution is 6.28. The second kappa shape index (κ2) is 4.97. The van der Waals surface area contributed by atoms with Gasteiger partial charge in [-0.15, -0.1) is 5.10 Å². The highest BCUT2D eigenvalue weighted by Crippen LogP contribution is 2.31. The first-order chi connectivity index (χ1) is 11.2. The summed E-state index contributed by atoms with van der Waals surface area (Å²) in [7, 11) is 1.53. The van der Waals surface area contributed by atoms with Crippen LogP contribution in [0.3, 0.4) is 0 Å². The van der Waals surface area contributed by atoms with Crippen LogP contribution in [0, 0.1) is 11.3 Å². The van der Waals surface area contributed by atoms with Gasteiger partial charge in [0.25, 0.3) is 0 Å². The molecule has 0 aliphatic rings. The van der Waals surface area contributed by atoms with Crippen molar-refractivity contribution in [3.8, 4) is 23.1 Å². The van der Waals surface area contributed by atoms with Gasteiger partial charge in [-0.3, -0.25) is 4.40 Å². The molecule has 0 aliphatic carbocycles. The quantitative estimate of drug-likeness (QED) is 0.566. The van der Waals surface area contributed by atoms with Crippen LogP contribution < -0.4 is 4.74 Å². The third-order valence-corrected chi connectivity index (χ3v) is 3.74. The van der Waals surface area contributed by atoms with Crippen molar-refractivity contribution < 1.29 is 4.74 Å². The Bertz CT molecular complexity index is 1090. The molecule has 0 amide bonds. The molecule has 23 heavy (non-hydrogen) atoms. The maximum absolute atomic E-state index is 9.16. The van der Waals surface area contributed by atoms with E-state index in [9.17, 15) is 0 Å². The average molecular weight is 325 g/mol. The summed E-state index contributed by atoms with van der Waals surface area (Å²) in [5.74, 6) is 0.385. The number of hydrogen-bond acceptors (Lipinski definition) is 5. The minimum Gasteiger partial charge on any atom is -0.479 e. The molecule has 0 saturated carbocycles. The van der Waals surface area contributed by atoms with E-state index in [0.29, 0.717) is 22.7 Å². The molecule has 4 aromatic rings. The molecule has 8 heteroatoms. The van der Waals surface area contributed by atoms with Crippen LogP contribution in [-0.4, -0.2) is 31.1 Å². The summed E-state index contributed by atoms with van der Waals surface area (Å²) >= 11 is 5.89. The standard InChI is InChI=1S/C15H9ClN6O/c1-23-14-13-11(4-5-22(13)20-15(16)19-14)9-2-3-12-18-7-10(6-17)21(12)8-9/h2-5,7-8H,1H3. The molecule has 0 N–H and O–H groups in total. The van der Waals surface area contributed by atoms with Crippen molar-refractivity contribution in [2.24, 2.45) is 0 Å². The fourth-order valence-corrected chi connectivity index (χ4v) is 2.72. The molecule has 112 valence electrons. The van der Waals surface area contributed by atoms with Gasteiger partial charge in [-0.2, -0.15) is 10.2 Å². The smallest absolute Gasteiger partial charge is 0.244 e. The van der Waals surface area contributed by atoms with Gasteiger partial charge in [-0.05, 0) is 29.8 Å². The molecule has 4 heterocycles. The summed E-state index contributed by atoms with van der Waals surface area (Å²) in [5, 5.41) is 13.4. The number of ether oxygens (including phenoxy) is 1. The van der Waals surface area contributed by atoms with Crippen LogP contribution in [0.4, 0.5) is 0 Å². The molecule has 0 bridgehead atoms. The van der Waals surface area contributed by atoms with Gasteiger partial charge >= 0.3 is 0 Å². The lowest BCUT2D eigenvalue weighted by atomic mass is 10.1. The van der Waals surface area contributed by atoms with Crippen LogP contribution in [0.2, 0.25) is 5.28 Å². The topological polar surface area (TPSA) is 80.5 Å². The molecule has 0 aliphatic heterocycles. The fraction of sp³-hybridized carbons (Fsp3) is 0.0667. The van der Waals surface area contributed by atoms with E-state index >= 15 is 0 Å². The number of nitrogens with zero attached hydrogens (tertiary/aromatic N) is 6. The van der Waals surface area contributed by atoms with Gasteiger partial charge in [0.1, 0.15) is 22.9 Å². The number of imidazole rings is 1. The van der Waals surface area contributed by atoms with E-state index in [2.05, 4.69) is 21.1 Å². The van der Waals surface area contributed by atoms with E-state index in [4.69, 9.17) is 21.6 Å². The van der Waals surface area contributed by atoms with Gasteiger partial charge in [0.05, 0.1) is 13.3 Å². The van der Waals surface area contributed by atoms with Crippen LogP contribution in [0.5, 0.6) is 5.88 Å². The first kappa shape index (κ1) is 13.5. The lowest BCUT2D eigenvalue weighted by Gasteiger charge is -2.06. The number of aromatic nitrogens is 5. The molecule has 0 radical (unpaired) electrons. The Morgan fingerprint density at radius 3 is 2.96 bits per heavy atom. The zero-order valence-corrected chi connectivity index (χ0v) is 12.7. The van der Waals surface area contributed by atoms with Gasteiger partial charge in [-0.1, -0.05) is 0 Å². The minimum absolute atomic E-state index is 0.105. The van der Waals surface area contributed by atoms with Crippen molar-refractivity contribution in [2.75, 3.05) is 7.11 Å². The monoisotopic (exact) mass is 324 g/mol. The van der Waals surface area contributed by atoms with Gasteiger partial charge in [0, 0.05) is 23.5 Å². The molecular weight excluding hydrogens is 316 g/mol. The first-order valence-corrected chi connectivity index (χ1v) is 7.05.